The monoisotopic (exact) mass is 290 g/mol. The van der Waals surface area contributed by atoms with Crippen molar-refractivity contribution in [2.45, 2.75) is 6.92 Å². The van der Waals surface area contributed by atoms with Gasteiger partial charge >= 0.3 is 0 Å². The normalized spacial score (nSPS) is 19.4. The van der Waals surface area contributed by atoms with E-state index in [4.69, 9.17) is 21.7 Å². The van der Waals surface area contributed by atoms with Crippen molar-refractivity contribution in [2.75, 3.05) is 20.4 Å². The van der Waals surface area contributed by atoms with Crippen LogP contribution in [-0.4, -0.2) is 41.2 Å². The van der Waals surface area contributed by atoms with E-state index in [1.54, 1.807) is 16.8 Å². The second-order valence-corrected chi connectivity index (χ2v) is 4.90. The van der Waals surface area contributed by atoms with Gasteiger partial charge in [0.25, 0.3) is 5.91 Å². The molecule has 1 aromatic carbocycles. The molecule has 0 N–H and O–H groups in total. The van der Waals surface area contributed by atoms with Gasteiger partial charge in [0.05, 0.1) is 0 Å². The van der Waals surface area contributed by atoms with Crippen LogP contribution in [-0.2, 0) is 4.79 Å². The molecule has 0 unspecified atom stereocenters. The highest BCUT2D eigenvalue weighted by Crippen LogP contribution is 2.33. The molecule has 0 saturated carbocycles. The zero-order chi connectivity index (χ0) is 14.3. The standard InChI is InChI=1S/C14H14N2O3S/c1-3-16-13(17)10(15(2)14(16)20)6-9-4-5-11-12(7-9)19-8-18-11/h4-7H,3,8H2,1-2H3. The minimum absolute atomic E-state index is 0.0716. The van der Waals surface area contributed by atoms with Gasteiger partial charge in [0.15, 0.2) is 16.6 Å². The van der Waals surface area contributed by atoms with Gasteiger partial charge in [0.2, 0.25) is 6.79 Å². The lowest BCUT2D eigenvalue weighted by molar-refractivity contribution is -0.122. The van der Waals surface area contributed by atoms with Crippen LogP contribution >= 0.6 is 12.2 Å². The minimum atomic E-state index is -0.0716. The van der Waals surface area contributed by atoms with E-state index >= 15 is 0 Å². The molecule has 6 heteroatoms. The van der Waals surface area contributed by atoms with Gasteiger partial charge in [-0.2, -0.15) is 0 Å². The van der Waals surface area contributed by atoms with Crippen LogP contribution in [0.15, 0.2) is 23.9 Å². The Labute approximate surface area is 122 Å². The van der Waals surface area contributed by atoms with Gasteiger partial charge in [0.1, 0.15) is 5.70 Å². The number of nitrogens with zero attached hydrogens (tertiary/aromatic N) is 2. The van der Waals surface area contributed by atoms with E-state index in [0.717, 1.165) is 11.3 Å². The van der Waals surface area contributed by atoms with Crippen LogP contribution in [0.3, 0.4) is 0 Å². The predicted molar refractivity (Wildman–Crippen MR) is 78.3 cm³/mol. The summed E-state index contributed by atoms with van der Waals surface area (Å²) >= 11 is 5.26. The van der Waals surface area contributed by atoms with Gasteiger partial charge in [0, 0.05) is 13.6 Å². The first-order valence-electron chi connectivity index (χ1n) is 6.32. The first kappa shape index (κ1) is 12.9. The molecule has 104 valence electrons. The molecule has 0 aromatic heterocycles. The van der Waals surface area contributed by atoms with Crippen molar-refractivity contribution in [3.05, 3.63) is 29.5 Å². The summed E-state index contributed by atoms with van der Waals surface area (Å²) in [6, 6.07) is 5.58. The molecule has 0 atom stereocenters. The quantitative estimate of drug-likeness (QED) is 0.614. The molecule has 0 radical (unpaired) electrons. The molecule has 0 spiro atoms. The lowest BCUT2D eigenvalue weighted by atomic mass is 10.1. The van der Waals surface area contributed by atoms with Crippen molar-refractivity contribution in [3.63, 3.8) is 0 Å². The Hall–Kier alpha value is -2.08. The summed E-state index contributed by atoms with van der Waals surface area (Å²) < 4.78 is 10.6. The van der Waals surface area contributed by atoms with Crippen molar-refractivity contribution in [2.24, 2.45) is 0 Å². The van der Waals surface area contributed by atoms with E-state index in [2.05, 4.69) is 0 Å². The average molecular weight is 290 g/mol. The lowest BCUT2D eigenvalue weighted by Crippen LogP contribution is -2.30. The molecular formula is C14H14N2O3S. The summed E-state index contributed by atoms with van der Waals surface area (Å²) in [7, 11) is 1.80. The molecule has 3 rings (SSSR count). The van der Waals surface area contributed by atoms with Crippen molar-refractivity contribution in [3.8, 4) is 11.5 Å². The van der Waals surface area contributed by atoms with Gasteiger partial charge < -0.3 is 14.4 Å². The highest BCUT2D eigenvalue weighted by atomic mass is 32.1. The lowest BCUT2D eigenvalue weighted by Gasteiger charge is -2.13. The van der Waals surface area contributed by atoms with E-state index in [1.165, 1.54) is 0 Å². The Morgan fingerprint density at radius 1 is 1.35 bits per heavy atom. The molecule has 20 heavy (non-hydrogen) atoms. The SMILES string of the molecule is CCN1C(=O)C(=Cc2ccc3c(c2)OCO3)N(C)C1=S. The van der Waals surface area contributed by atoms with Crippen molar-refractivity contribution in [1.82, 2.24) is 9.80 Å². The zero-order valence-electron chi connectivity index (χ0n) is 11.3. The number of benzene rings is 1. The fourth-order valence-corrected chi connectivity index (χ4v) is 2.56. The number of carbonyl (C=O) groups is 1. The van der Waals surface area contributed by atoms with Gasteiger partial charge in [-0.05, 0) is 42.9 Å². The van der Waals surface area contributed by atoms with Gasteiger partial charge in [-0.1, -0.05) is 6.07 Å². The molecule has 1 saturated heterocycles. The first-order chi connectivity index (χ1) is 9.61. The molecule has 1 amide bonds. The Balaban J connectivity index is 1.96. The number of hydrogen-bond acceptors (Lipinski definition) is 4. The summed E-state index contributed by atoms with van der Waals surface area (Å²) in [5, 5.41) is 0.532. The molecule has 2 aliphatic rings. The van der Waals surface area contributed by atoms with Crippen molar-refractivity contribution < 1.29 is 14.3 Å². The van der Waals surface area contributed by atoms with Crippen LogP contribution in [0.5, 0.6) is 11.5 Å². The number of ether oxygens (including phenoxy) is 2. The number of fused-ring (bicyclic) bond motifs is 1. The molecule has 2 heterocycles. The summed E-state index contributed by atoms with van der Waals surface area (Å²) in [5.74, 6) is 1.35. The maximum absolute atomic E-state index is 12.3. The number of hydrogen-bond donors (Lipinski definition) is 0. The highest BCUT2D eigenvalue weighted by molar-refractivity contribution is 7.80. The molecule has 1 aromatic rings. The second kappa shape index (κ2) is 4.79. The predicted octanol–water partition coefficient (Wildman–Crippen LogP) is 1.83. The molecule has 0 aliphatic carbocycles. The van der Waals surface area contributed by atoms with E-state index in [-0.39, 0.29) is 12.7 Å². The molecule has 2 aliphatic heterocycles. The fourth-order valence-electron chi connectivity index (χ4n) is 2.25. The van der Waals surface area contributed by atoms with Crippen molar-refractivity contribution in [1.29, 1.82) is 0 Å². The Kier molecular flexibility index (Phi) is 3.10. The van der Waals surface area contributed by atoms with Crippen LogP contribution in [0.4, 0.5) is 0 Å². The fraction of sp³-hybridized carbons (Fsp3) is 0.286. The van der Waals surface area contributed by atoms with Crippen LogP contribution in [0, 0.1) is 0 Å². The topological polar surface area (TPSA) is 42.0 Å². The third-order valence-electron chi connectivity index (χ3n) is 3.36. The number of likely N-dealkylation sites (N-methyl/N-ethyl adjacent to an activating group) is 2. The van der Waals surface area contributed by atoms with Crippen molar-refractivity contribution >= 4 is 29.3 Å². The van der Waals surface area contributed by atoms with Crippen LogP contribution in [0.25, 0.3) is 6.08 Å². The van der Waals surface area contributed by atoms with E-state index in [9.17, 15) is 4.79 Å². The van der Waals surface area contributed by atoms with Gasteiger partial charge in [-0.15, -0.1) is 0 Å². The first-order valence-corrected chi connectivity index (χ1v) is 6.73. The number of thiocarbonyl (C=S) groups is 1. The third-order valence-corrected chi connectivity index (χ3v) is 3.85. The van der Waals surface area contributed by atoms with Crippen LogP contribution in [0.2, 0.25) is 0 Å². The molecule has 5 nitrogen and oxygen atoms in total. The maximum Gasteiger partial charge on any atom is 0.276 e. The second-order valence-electron chi connectivity index (χ2n) is 4.53. The molecule has 1 fully saturated rings. The summed E-state index contributed by atoms with van der Waals surface area (Å²) in [4.78, 5) is 15.6. The van der Waals surface area contributed by atoms with E-state index < -0.39 is 0 Å². The van der Waals surface area contributed by atoms with E-state index in [1.807, 2.05) is 31.2 Å². The maximum atomic E-state index is 12.3. The van der Waals surface area contributed by atoms with Gasteiger partial charge in [-0.3, -0.25) is 9.69 Å². The van der Waals surface area contributed by atoms with Crippen LogP contribution in [0.1, 0.15) is 12.5 Å². The van der Waals surface area contributed by atoms with Gasteiger partial charge in [-0.25, -0.2) is 0 Å². The van der Waals surface area contributed by atoms with Crippen LogP contribution < -0.4 is 9.47 Å². The zero-order valence-corrected chi connectivity index (χ0v) is 12.1. The Morgan fingerprint density at radius 2 is 2.10 bits per heavy atom. The summed E-state index contributed by atoms with van der Waals surface area (Å²) in [6.07, 6.45) is 1.81. The average Bonchev–Trinajstić information content (AvgIpc) is 2.98. The Morgan fingerprint density at radius 3 is 2.80 bits per heavy atom. The number of carbonyl (C=O) groups excluding carboxylic acids is 1. The molecular weight excluding hydrogens is 276 g/mol. The minimum Gasteiger partial charge on any atom is -0.454 e. The van der Waals surface area contributed by atoms with E-state index in [0.29, 0.717) is 23.1 Å². The number of rotatable bonds is 2. The highest BCUT2D eigenvalue weighted by Gasteiger charge is 2.34. The smallest absolute Gasteiger partial charge is 0.276 e. The summed E-state index contributed by atoms with van der Waals surface area (Å²) in [5.41, 5.74) is 1.45. The Bertz CT molecular complexity index is 627. The summed E-state index contributed by atoms with van der Waals surface area (Å²) in [6.45, 7) is 2.71. The third kappa shape index (κ3) is 1.92. The number of amides is 1. The largest absolute Gasteiger partial charge is 0.454 e. The molecule has 0 bridgehead atoms.